The molecule has 1 N–H and O–H groups in total. The molecule has 10 nitrogen and oxygen atoms in total. The van der Waals surface area contributed by atoms with Crippen molar-refractivity contribution in [2.75, 3.05) is 24.5 Å². The van der Waals surface area contributed by atoms with Gasteiger partial charge in [0.05, 0.1) is 17.8 Å². The van der Waals surface area contributed by atoms with Crippen LogP contribution < -0.4 is 14.3 Å². The molecule has 2 rings (SSSR count). The van der Waals surface area contributed by atoms with Crippen molar-refractivity contribution in [1.82, 2.24) is 0 Å². The fourth-order valence-corrected chi connectivity index (χ4v) is 3.30. The predicted molar refractivity (Wildman–Crippen MR) is 115 cm³/mol. The van der Waals surface area contributed by atoms with Crippen molar-refractivity contribution in [3.63, 3.8) is 0 Å². The number of nitrogens with one attached hydrogen (secondary N) is 1. The second-order valence-electron chi connectivity index (χ2n) is 6.32. The molecule has 0 aliphatic rings. The van der Waals surface area contributed by atoms with E-state index < -0.39 is 25.9 Å². The Labute approximate surface area is 180 Å². The molecule has 0 saturated heterocycles. The van der Waals surface area contributed by atoms with E-state index >= 15 is 0 Å². The lowest BCUT2D eigenvalue weighted by atomic mass is 10.2. The minimum absolute atomic E-state index is 0.0263. The minimum Gasteiger partial charge on any atom is -0.461 e. The number of nitrogens with zero attached hydrogens (tertiary/aromatic N) is 1. The van der Waals surface area contributed by atoms with E-state index in [2.05, 4.69) is 10.5 Å². The third-order valence-electron chi connectivity index (χ3n) is 3.60. The van der Waals surface area contributed by atoms with Crippen molar-refractivity contribution in [3.8, 4) is 17.2 Å². The second-order valence-corrected chi connectivity index (χ2v) is 9.91. The smallest absolute Gasteiger partial charge is 0.354 e. The van der Waals surface area contributed by atoms with Crippen LogP contribution in [0.3, 0.4) is 0 Å². The number of ether oxygens (including phenoxy) is 2. The summed E-state index contributed by atoms with van der Waals surface area (Å²) in [6.45, 7) is 3.27. The molecule has 168 valence electrons. The van der Waals surface area contributed by atoms with Crippen molar-refractivity contribution in [2.24, 2.45) is 5.10 Å². The SMILES string of the molecule is CCOC(=O)C(C)=NNc1ccc(Oc2ccc(S(C)(=O)=O)cc2)cc1OS(C)(=O)=O. The molecule has 0 aliphatic heterocycles. The van der Waals surface area contributed by atoms with Crippen molar-refractivity contribution < 1.29 is 35.3 Å². The lowest BCUT2D eigenvalue weighted by Gasteiger charge is -2.12. The van der Waals surface area contributed by atoms with Crippen LogP contribution in [0.4, 0.5) is 5.69 Å². The lowest BCUT2D eigenvalue weighted by molar-refractivity contribution is -0.135. The van der Waals surface area contributed by atoms with Gasteiger partial charge >= 0.3 is 16.1 Å². The summed E-state index contributed by atoms with van der Waals surface area (Å²) in [4.78, 5) is 11.8. The first-order valence-electron chi connectivity index (χ1n) is 8.88. The highest BCUT2D eigenvalue weighted by molar-refractivity contribution is 7.90. The van der Waals surface area contributed by atoms with E-state index in [9.17, 15) is 21.6 Å². The number of hydrazone groups is 1. The summed E-state index contributed by atoms with van der Waals surface area (Å²) in [6.07, 6.45) is 1.97. The third kappa shape index (κ3) is 7.57. The Balaban J connectivity index is 2.29. The summed E-state index contributed by atoms with van der Waals surface area (Å²) in [7, 11) is -7.22. The largest absolute Gasteiger partial charge is 0.461 e. The van der Waals surface area contributed by atoms with Crippen LogP contribution in [0.1, 0.15) is 13.8 Å². The summed E-state index contributed by atoms with van der Waals surface area (Å²) < 4.78 is 61.8. The van der Waals surface area contributed by atoms with Gasteiger partial charge in [0.1, 0.15) is 22.9 Å². The van der Waals surface area contributed by atoms with E-state index in [1.807, 2.05) is 0 Å². The number of esters is 1. The average Bonchev–Trinajstić information content (AvgIpc) is 2.66. The molecule has 0 aliphatic carbocycles. The van der Waals surface area contributed by atoms with Crippen LogP contribution in [0.2, 0.25) is 0 Å². The fourth-order valence-electron chi connectivity index (χ4n) is 2.21. The quantitative estimate of drug-likeness (QED) is 0.254. The number of anilines is 1. The maximum Gasteiger partial charge on any atom is 0.354 e. The van der Waals surface area contributed by atoms with Crippen LogP contribution in [-0.2, 0) is 29.5 Å². The first-order chi connectivity index (χ1) is 14.4. The van der Waals surface area contributed by atoms with Crippen LogP contribution in [-0.4, -0.2) is 47.6 Å². The van der Waals surface area contributed by atoms with E-state index in [0.29, 0.717) is 5.75 Å². The monoisotopic (exact) mass is 470 g/mol. The first kappa shape index (κ1) is 24.2. The first-order valence-corrected chi connectivity index (χ1v) is 12.6. The van der Waals surface area contributed by atoms with Gasteiger partial charge in [-0.15, -0.1) is 0 Å². The van der Waals surface area contributed by atoms with E-state index in [1.54, 1.807) is 6.92 Å². The van der Waals surface area contributed by atoms with Crippen LogP contribution >= 0.6 is 0 Å². The molecule has 2 aromatic rings. The summed E-state index contributed by atoms with van der Waals surface area (Å²) in [5, 5.41) is 3.87. The van der Waals surface area contributed by atoms with E-state index in [-0.39, 0.29) is 34.4 Å². The molecule has 0 spiro atoms. The van der Waals surface area contributed by atoms with Crippen molar-refractivity contribution in [3.05, 3.63) is 42.5 Å². The van der Waals surface area contributed by atoms with Crippen LogP contribution in [0.15, 0.2) is 52.5 Å². The zero-order chi connectivity index (χ0) is 23.2. The molecule has 0 radical (unpaired) electrons. The average molecular weight is 471 g/mol. The zero-order valence-electron chi connectivity index (χ0n) is 17.3. The fraction of sp³-hybridized carbons (Fsp3) is 0.263. The second kappa shape index (κ2) is 9.79. The van der Waals surface area contributed by atoms with Gasteiger partial charge in [-0.25, -0.2) is 13.2 Å². The van der Waals surface area contributed by atoms with Gasteiger partial charge in [-0.1, -0.05) is 0 Å². The molecule has 0 heterocycles. The van der Waals surface area contributed by atoms with E-state index in [1.165, 1.54) is 49.4 Å². The molecule has 12 heteroatoms. The van der Waals surface area contributed by atoms with Crippen molar-refractivity contribution in [1.29, 1.82) is 0 Å². The summed E-state index contributed by atoms with van der Waals surface area (Å²) in [6, 6.07) is 9.98. The Hall–Kier alpha value is -3.12. The molecule has 0 unspecified atom stereocenters. The number of sulfone groups is 1. The Kier molecular flexibility index (Phi) is 7.63. The molecular weight excluding hydrogens is 448 g/mol. The molecule has 2 aromatic carbocycles. The van der Waals surface area contributed by atoms with Crippen LogP contribution in [0, 0.1) is 0 Å². The maximum absolute atomic E-state index is 11.6. The van der Waals surface area contributed by atoms with Gasteiger partial charge in [0.25, 0.3) is 0 Å². The van der Waals surface area contributed by atoms with Gasteiger partial charge in [-0.3, -0.25) is 5.43 Å². The van der Waals surface area contributed by atoms with Crippen LogP contribution in [0.25, 0.3) is 0 Å². The van der Waals surface area contributed by atoms with Gasteiger partial charge in [-0.05, 0) is 50.2 Å². The Morgan fingerprint density at radius 3 is 2.16 bits per heavy atom. The van der Waals surface area contributed by atoms with Gasteiger partial charge in [0.2, 0.25) is 0 Å². The summed E-state index contributed by atoms with van der Waals surface area (Å²) in [5.41, 5.74) is 2.75. The molecule has 0 aromatic heterocycles. The Morgan fingerprint density at radius 1 is 1.00 bits per heavy atom. The van der Waals surface area contributed by atoms with Gasteiger partial charge in [0, 0.05) is 12.3 Å². The molecule has 0 atom stereocenters. The Morgan fingerprint density at radius 2 is 1.61 bits per heavy atom. The molecule has 0 amide bonds. The topological polar surface area (TPSA) is 137 Å². The molecule has 31 heavy (non-hydrogen) atoms. The number of hydrogen-bond acceptors (Lipinski definition) is 10. The number of carbonyl (C=O) groups excluding carboxylic acids is 1. The van der Waals surface area contributed by atoms with Crippen molar-refractivity contribution in [2.45, 2.75) is 18.7 Å². The predicted octanol–water partition coefficient (Wildman–Crippen LogP) is 2.57. The van der Waals surface area contributed by atoms with E-state index in [0.717, 1.165) is 12.5 Å². The number of benzene rings is 2. The standard InChI is InChI=1S/C19H22N2O8S2/c1-5-27-19(22)13(2)20-21-17-11-8-15(12-18(17)29-31(4,25)26)28-14-6-9-16(10-7-14)30(3,23)24/h6-12,21H,5H2,1-4H3. The van der Waals surface area contributed by atoms with E-state index in [4.69, 9.17) is 13.7 Å². The lowest BCUT2D eigenvalue weighted by Crippen LogP contribution is -2.15. The molecule has 0 fully saturated rings. The highest BCUT2D eigenvalue weighted by Crippen LogP contribution is 2.33. The van der Waals surface area contributed by atoms with Crippen LogP contribution in [0.5, 0.6) is 17.2 Å². The maximum atomic E-state index is 11.6. The number of rotatable bonds is 9. The molecule has 0 saturated carbocycles. The molecule has 0 bridgehead atoms. The van der Waals surface area contributed by atoms with Crippen molar-refractivity contribution >= 4 is 37.3 Å². The molecular formula is C19H22N2O8S2. The highest BCUT2D eigenvalue weighted by atomic mass is 32.2. The minimum atomic E-state index is -3.88. The number of hydrogen-bond donors (Lipinski definition) is 1. The third-order valence-corrected chi connectivity index (χ3v) is 5.21. The zero-order valence-corrected chi connectivity index (χ0v) is 18.9. The Bertz CT molecular complexity index is 1190. The normalized spacial score (nSPS) is 12.2. The van der Waals surface area contributed by atoms with Gasteiger partial charge in [0.15, 0.2) is 15.6 Å². The summed E-state index contributed by atoms with van der Waals surface area (Å²) >= 11 is 0. The van der Waals surface area contributed by atoms with Gasteiger partial charge < -0.3 is 13.7 Å². The highest BCUT2D eigenvalue weighted by Gasteiger charge is 2.14. The number of carbonyl (C=O) groups is 1. The summed E-state index contributed by atoms with van der Waals surface area (Å²) in [5.74, 6) is -0.191. The van der Waals surface area contributed by atoms with Gasteiger partial charge in [-0.2, -0.15) is 13.5 Å².